The second kappa shape index (κ2) is 4.27. The molecule has 0 amide bonds. The van der Waals surface area contributed by atoms with Gasteiger partial charge in [0.15, 0.2) is 0 Å². The highest BCUT2D eigenvalue weighted by atomic mass is 32.1. The number of aryl methyl sites for hydroxylation is 1. The fourth-order valence-electron chi connectivity index (χ4n) is 1.77. The molecule has 3 aromatic rings. The van der Waals surface area contributed by atoms with Crippen LogP contribution in [0.15, 0.2) is 42.0 Å². The van der Waals surface area contributed by atoms with E-state index in [-0.39, 0.29) is 0 Å². The van der Waals surface area contributed by atoms with Gasteiger partial charge in [0, 0.05) is 28.4 Å². The zero-order valence-corrected chi connectivity index (χ0v) is 10.7. The monoisotopic (exact) mass is 256 g/mol. The zero-order chi connectivity index (χ0) is 12.5. The van der Waals surface area contributed by atoms with Crippen LogP contribution in [0.25, 0.3) is 16.3 Å². The van der Waals surface area contributed by atoms with Gasteiger partial charge in [-0.1, -0.05) is 18.2 Å². The van der Waals surface area contributed by atoms with Crippen molar-refractivity contribution >= 4 is 17.0 Å². The van der Waals surface area contributed by atoms with Gasteiger partial charge in [-0.3, -0.25) is 0 Å². The standard InChI is InChI=1S/C13H12N4S/c1-9-8-18-13(16-9)17-7-10(6-15-17)11-4-2-3-5-12(11)14/h2-8H,14H2,1H3. The molecule has 4 nitrogen and oxygen atoms in total. The van der Waals surface area contributed by atoms with Gasteiger partial charge in [-0.2, -0.15) is 5.10 Å². The molecule has 0 unspecified atom stereocenters. The number of hydrogen-bond donors (Lipinski definition) is 1. The van der Waals surface area contributed by atoms with Crippen molar-refractivity contribution in [3.05, 3.63) is 47.7 Å². The van der Waals surface area contributed by atoms with Crippen molar-refractivity contribution in [3.8, 4) is 16.3 Å². The summed E-state index contributed by atoms with van der Waals surface area (Å²) in [6.07, 6.45) is 3.76. The van der Waals surface area contributed by atoms with Crippen LogP contribution in [0, 0.1) is 6.92 Å². The lowest BCUT2D eigenvalue weighted by molar-refractivity contribution is 0.865. The van der Waals surface area contributed by atoms with Crippen molar-refractivity contribution in [2.24, 2.45) is 0 Å². The third-order valence-corrected chi connectivity index (χ3v) is 3.61. The highest BCUT2D eigenvalue weighted by Gasteiger charge is 2.07. The number of hydrogen-bond acceptors (Lipinski definition) is 4. The molecule has 0 bridgehead atoms. The van der Waals surface area contributed by atoms with Crippen molar-refractivity contribution in [2.45, 2.75) is 6.92 Å². The first-order valence-corrected chi connectivity index (χ1v) is 6.44. The van der Waals surface area contributed by atoms with Crippen LogP contribution < -0.4 is 5.73 Å². The Kier molecular flexibility index (Phi) is 2.60. The molecule has 0 aliphatic rings. The molecule has 18 heavy (non-hydrogen) atoms. The summed E-state index contributed by atoms with van der Waals surface area (Å²) in [7, 11) is 0. The lowest BCUT2D eigenvalue weighted by Gasteiger charge is -2.00. The fraction of sp³-hybridized carbons (Fsp3) is 0.0769. The molecule has 1 aromatic carbocycles. The number of anilines is 1. The van der Waals surface area contributed by atoms with Gasteiger partial charge in [-0.05, 0) is 13.0 Å². The number of nitrogen functional groups attached to an aromatic ring is 1. The normalized spacial score (nSPS) is 10.7. The second-order valence-electron chi connectivity index (χ2n) is 4.03. The molecule has 2 N–H and O–H groups in total. The first-order chi connectivity index (χ1) is 8.74. The number of aromatic nitrogens is 3. The van der Waals surface area contributed by atoms with Crippen molar-refractivity contribution in [1.29, 1.82) is 0 Å². The van der Waals surface area contributed by atoms with Gasteiger partial charge in [-0.15, -0.1) is 11.3 Å². The number of para-hydroxylation sites is 1. The van der Waals surface area contributed by atoms with Crippen molar-refractivity contribution < 1.29 is 0 Å². The van der Waals surface area contributed by atoms with E-state index in [1.165, 1.54) is 0 Å². The molecule has 5 heteroatoms. The Bertz CT molecular complexity index is 684. The minimum atomic E-state index is 0.757. The number of rotatable bonds is 2. The minimum Gasteiger partial charge on any atom is -0.398 e. The molecule has 0 aliphatic heterocycles. The highest BCUT2D eigenvalue weighted by molar-refractivity contribution is 7.12. The highest BCUT2D eigenvalue weighted by Crippen LogP contribution is 2.26. The molecular formula is C13H12N4S. The Labute approximate surface area is 109 Å². The lowest BCUT2D eigenvalue weighted by atomic mass is 10.1. The Morgan fingerprint density at radius 2 is 2.11 bits per heavy atom. The molecule has 2 aromatic heterocycles. The van der Waals surface area contributed by atoms with Gasteiger partial charge < -0.3 is 5.73 Å². The van der Waals surface area contributed by atoms with E-state index >= 15 is 0 Å². The summed E-state index contributed by atoms with van der Waals surface area (Å²) in [5.41, 5.74) is 9.72. The Morgan fingerprint density at radius 3 is 2.83 bits per heavy atom. The van der Waals surface area contributed by atoms with E-state index in [2.05, 4.69) is 10.1 Å². The largest absolute Gasteiger partial charge is 0.398 e. The van der Waals surface area contributed by atoms with Crippen LogP contribution in [-0.2, 0) is 0 Å². The van der Waals surface area contributed by atoms with Crippen LogP contribution in [0.2, 0.25) is 0 Å². The van der Waals surface area contributed by atoms with Gasteiger partial charge in [-0.25, -0.2) is 9.67 Å². The number of thiazole rings is 1. The van der Waals surface area contributed by atoms with E-state index in [0.717, 1.165) is 27.6 Å². The minimum absolute atomic E-state index is 0.757. The Hall–Kier alpha value is -2.14. The molecule has 0 saturated carbocycles. The van der Waals surface area contributed by atoms with E-state index in [0.29, 0.717) is 0 Å². The molecule has 0 aliphatic carbocycles. The van der Waals surface area contributed by atoms with Crippen LogP contribution in [0.5, 0.6) is 0 Å². The maximum atomic E-state index is 5.95. The van der Waals surface area contributed by atoms with Crippen LogP contribution in [0.1, 0.15) is 5.69 Å². The third kappa shape index (κ3) is 1.89. The predicted octanol–water partition coefficient (Wildman–Crippen LogP) is 2.89. The van der Waals surface area contributed by atoms with Crippen molar-refractivity contribution in [2.75, 3.05) is 5.73 Å². The first-order valence-electron chi connectivity index (χ1n) is 5.56. The van der Waals surface area contributed by atoms with Crippen LogP contribution in [-0.4, -0.2) is 14.8 Å². The molecule has 90 valence electrons. The van der Waals surface area contributed by atoms with Gasteiger partial charge in [0.25, 0.3) is 0 Å². The van der Waals surface area contributed by atoms with Gasteiger partial charge in [0.1, 0.15) is 0 Å². The second-order valence-corrected chi connectivity index (χ2v) is 4.87. The maximum absolute atomic E-state index is 5.95. The molecule has 0 radical (unpaired) electrons. The van der Waals surface area contributed by atoms with Crippen molar-refractivity contribution in [1.82, 2.24) is 14.8 Å². The average molecular weight is 256 g/mol. The van der Waals surface area contributed by atoms with Gasteiger partial charge in [0.2, 0.25) is 5.13 Å². The summed E-state index contributed by atoms with van der Waals surface area (Å²) < 4.78 is 1.78. The number of nitrogens with two attached hydrogens (primary N) is 1. The Balaban J connectivity index is 2.02. The number of benzene rings is 1. The van der Waals surface area contributed by atoms with E-state index in [4.69, 9.17) is 5.73 Å². The first kappa shape index (κ1) is 11.0. The van der Waals surface area contributed by atoms with Gasteiger partial charge >= 0.3 is 0 Å². The average Bonchev–Trinajstić information content (AvgIpc) is 2.98. The topological polar surface area (TPSA) is 56.7 Å². The van der Waals surface area contributed by atoms with E-state index in [9.17, 15) is 0 Å². The molecule has 0 atom stereocenters. The van der Waals surface area contributed by atoms with Crippen LogP contribution in [0.4, 0.5) is 5.69 Å². The predicted molar refractivity (Wildman–Crippen MR) is 73.8 cm³/mol. The summed E-state index contributed by atoms with van der Waals surface area (Å²) in [5, 5.41) is 7.20. The SMILES string of the molecule is Cc1csc(-n2cc(-c3ccccc3N)cn2)n1. The smallest absolute Gasteiger partial charge is 0.210 e. The third-order valence-electron chi connectivity index (χ3n) is 2.66. The molecule has 0 fully saturated rings. The maximum Gasteiger partial charge on any atom is 0.210 e. The molecule has 0 spiro atoms. The van der Waals surface area contributed by atoms with E-state index in [1.807, 2.05) is 49.0 Å². The van der Waals surface area contributed by atoms with Gasteiger partial charge in [0.05, 0.1) is 11.9 Å². The quantitative estimate of drug-likeness (QED) is 0.717. The Morgan fingerprint density at radius 1 is 1.28 bits per heavy atom. The lowest BCUT2D eigenvalue weighted by Crippen LogP contribution is -1.92. The van der Waals surface area contributed by atoms with E-state index < -0.39 is 0 Å². The van der Waals surface area contributed by atoms with E-state index in [1.54, 1.807) is 16.0 Å². The van der Waals surface area contributed by atoms with Crippen LogP contribution in [0.3, 0.4) is 0 Å². The molecule has 3 rings (SSSR count). The summed E-state index contributed by atoms with van der Waals surface area (Å²) in [4.78, 5) is 4.40. The van der Waals surface area contributed by atoms with Crippen LogP contribution >= 0.6 is 11.3 Å². The molecular weight excluding hydrogens is 244 g/mol. The summed E-state index contributed by atoms with van der Waals surface area (Å²) in [6.45, 7) is 1.97. The fourth-order valence-corrected chi connectivity index (χ4v) is 2.51. The zero-order valence-electron chi connectivity index (χ0n) is 9.87. The molecule has 0 saturated heterocycles. The summed E-state index contributed by atoms with van der Waals surface area (Å²) >= 11 is 1.57. The number of nitrogens with zero attached hydrogens (tertiary/aromatic N) is 3. The summed E-state index contributed by atoms with van der Waals surface area (Å²) in [5.74, 6) is 0. The van der Waals surface area contributed by atoms with Crippen molar-refractivity contribution in [3.63, 3.8) is 0 Å². The summed E-state index contributed by atoms with van der Waals surface area (Å²) in [6, 6.07) is 7.77. The molecule has 2 heterocycles.